The van der Waals surface area contributed by atoms with Gasteiger partial charge in [-0.1, -0.05) is 5.11 Å². The maximum atomic E-state index is 11.5. The molecule has 154 valence electrons. The van der Waals surface area contributed by atoms with Gasteiger partial charge >= 0.3 is 5.97 Å². The molecule has 1 atom stereocenters. The van der Waals surface area contributed by atoms with Gasteiger partial charge in [-0.25, -0.2) is 4.79 Å². The van der Waals surface area contributed by atoms with E-state index in [1.807, 2.05) is 0 Å². The summed E-state index contributed by atoms with van der Waals surface area (Å²) in [5, 5.41) is 13.5. The first-order valence-corrected chi connectivity index (χ1v) is 8.68. The van der Waals surface area contributed by atoms with Gasteiger partial charge in [0, 0.05) is 24.3 Å². The smallest absolute Gasteiger partial charge is 0.334 e. The first-order chi connectivity index (χ1) is 13.1. The van der Waals surface area contributed by atoms with Crippen LogP contribution in [0.2, 0.25) is 0 Å². The van der Waals surface area contributed by atoms with Gasteiger partial charge in [0.05, 0.1) is 59.3 Å². The predicted molar refractivity (Wildman–Crippen MR) is 90.1 cm³/mol. The number of carbonyl (C=O) groups excluding carboxylic acids is 2. The minimum atomic E-state index is -1.07. The number of ether oxygens (including phenoxy) is 4. The van der Waals surface area contributed by atoms with Gasteiger partial charge in [-0.2, -0.15) is 0 Å². The molecule has 0 aliphatic carbocycles. The molecule has 1 rings (SSSR count). The Bertz CT molecular complexity index is 486. The molecule has 0 saturated carbocycles. The van der Waals surface area contributed by atoms with Gasteiger partial charge in [-0.15, -0.1) is 5.06 Å². The lowest BCUT2D eigenvalue weighted by Crippen LogP contribution is -2.35. The molecular formula is C15H26N4O8. The van der Waals surface area contributed by atoms with Crippen molar-refractivity contribution in [2.45, 2.75) is 25.5 Å². The van der Waals surface area contributed by atoms with Gasteiger partial charge in [0.25, 0.3) is 5.91 Å². The van der Waals surface area contributed by atoms with Crippen LogP contribution in [0.4, 0.5) is 0 Å². The van der Waals surface area contributed by atoms with Crippen LogP contribution < -0.4 is 0 Å². The van der Waals surface area contributed by atoms with E-state index in [-0.39, 0.29) is 25.9 Å². The molecule has 0 spiro atoms. The second-order valence-corrected chi connectivity index (χ2v) is 5.36. The van der Waals surface area contributed by atoms with Crippen LogP contribution in [-0.2, 0) is 33.4 Å². The average Bonchev–Trinajstić information content (AvgIpc) is 2.97. The lowest BCUT2D eigenvalue weighted by molar-refractivity contribution is -0.221. The van der Waals surface area contributed by atoms with Crippen molar-refractivity contribution < 1.29 is 38.5 Å². The van der Waals surface area contributed by atoms with Crippen LogP contribution in [0.5, 0.6) is 0 Å². The summed E-state index contributed by atoms with van der Waals surface area (Å²) in [5.74, 6) is -1.05. The summed E-state index contributed by atoms with van der Waals surface area (Å²) in [4.78, 5) is 30.3. The largest absolute Gasteiger partial charge is 0.379 e. The molecule has 0 bridgehead atoms. The van der Waals surface area contributed by atoms with Crippen molar-refractivity contribution in [3.8, 4) is 0 Å². The van der Waals surface area contributed by atoms with Crippen LogP contribution in [-0.4, -0.2) is 87.7 Å². The van der Waals surface area contributed by atoms with Crippen LogP contribution in [0.25, 0.3) is 10.4 Å². The molecule has 1 fully saturated rings. The Labute approximate surface area is 156 Å². The van der Waals surface area contributed by atoms with Gasteiger partial charge in [0.2, 0.25) is 0 Å². The monoisotopic (exact) mass is 390 g/mol. The number of aliphatic hydroxyl groups excluding tert-OH is 1. The Morgan fingerprint density at radius 1 is 1.07 bits per heavy atom. The highest BCUT2D eigenvalue weighted by Crippen LogP contribution is 2.16. The van der Waals surface area contributed by atoms with E-state index in [0.29, 0.717) is 57.9 Å². The summed E-state index contributed by atoms with van der Waals surface area (Å²) in [6.45, 7) is 3.11. The third-order valence-corrected chi connectivity index (χ3v) is 3.30. The van der Waals surface area contributed by atoms with E-state index in [4.69, 9.17) is 29.3 Å². The zero-order valence-corrected chi connectivity index (χ0v) is 15.2. The van der Waals surface area contributed by atoms with Crippen molar-refractivity contribution in [1.29, 1.82) is 0 Å². The van der Waals surface area contributed by atoms with Crippen molar-refractivity contribution in [1.82, 2.24) is 5.06 Å². The number of rotatable bonds is 16. The minimum absolute atomic E-state index is 0.0285. The molecule has 0 aromatic rings. The lowest BCUT2D eigenvalue weighted by Gasteiger charge is -2.18. The van der Waals surface area contributed by atoms with Gasteiger partial charge in [0.1, 0.15) is 0 Å². The molecule has 1 aliphatic rings. The Morgan fingerprint density at radius 3 is 2.15 bits per heavy atom. The van der Waals surface area contributed by atoms with Crippen LogP contribution in [0.1, 0.15) is 19.3 Å². The highest BCUT2D eigenvalue weighted by Gasteiger charge is 2.32. The lowest BCUT2D eigenvalue weighted by atomic mass is 10.4. The maximum absolute atomic E-state index is 11.5. The molecular weight excluding hydrogens is 364 g/mol. The first kappa shape index (κ1) is 23.1. The van der Waals surface area contributed by atoms with E-state index in [0.717, 1.165) is 0 Å². The molecule has 1 amide bonds. The van der Waals surface area contributed by atoms with E-state index < -0.39 is 18.1 Å². The summed E-state index contributed by atoms with van der Waals surface area (Å²) in [6, 6.07) is 0. The third-order valence-electron chi connectivity index (χ3n) is 3.30. The van der Waals surface area contributed by atoms with Crippen LogP contribution in [0, 0.1) is 0 Å². The summed E-state index contributed by atoms with van der Waals surface area (Å²) in [7, 11) is 0. The quantitative estimate of drug-likeness (QED) is 0.169. The van der Waals surface area contributed by atoms with Crippen molar-refractivity contribution in [2.75, 3.05) is 59.4 Å². The Kier molecular flexibility index (Phi) is 12.9. The number of aliphatic hydroxyl groups is 1. The SMILES string of the molecule is [N-]=[N+]=NCCOCCOCCOCCOCCC(=O)ON1C(=O)CCC1O. The number of hydroxylamine groups is 2. The second kappa shape index (κ2) is 15.1. The minimum Gasteiger partial charge on any atom is -0.379 e. The van der Waals surface area contributed by atoms with E-state index >= 15 is 0 Å². The molecule has 1 heterocycles. The van der Waals surface area contributed by atoms with Crippen LogP contribution >= 0.6 is 0 Å². The van der Waals surface area contributed by atoms with E-state index in [1.54, 1.807) is 0 Å². The predicted octanol–water partition coefficient (Wildman–Crippen LogP) is 0.152. The van der Waals surface area contributed by atoms with Crippen molar-refractivity contribution in [3.63, 3.8) is 0 Å². The van der Waals surface area contributed by atoms with Gasteiger partial charge < -0.3 is 28.9 Å². The zero-order chi connectivity index (χ0) is 19.7. The first-order valence-electron chi connectivity index (χ1n) is 8.68. The summed E-state index contributed by atoms with van der Waals surface area (Å²) >= 11 is 0. The number of nitrogens with zero attached hydrogens (tertiary/aromatic N) is 4. The van der Waals surface area contributed by atoms with Crippen LogP contribution in [0.3, 0.4) is 0 Å². The molecule has 0 radical (unpaired) electrons. The fourth-order valence-electron chi connectivity index (χ4n) is 1.98. The van der Waals surface area contributed by atoms with E-state index in [2.05, 4.69) is 10.0 Å². The van der Waals surface area contributed by atoms with Crippen LogP contribution in [0.15, 0.2) is 5.11 Å². The molecule has 1 unspecified atom stereocenters. The van der Waals surface area contributed by atoms with Crippen molar-refractivity contribution >= 4 is 11.9 Å². The summed E-state index contributed by atoms with van der Waals surface area (Å²) in [6.07, 6.45) is -0.675. The molecule has 12 nitrogen and oxygen atoms in total. The Hall–Kier alpha value is -1.95. The summed E-state index contributed by atoms with van der Waals surface area (Å²) < 4.78 is 20.9. The number of hydrogen-bond donors (Lipinski definition) is 1. The molecule has 12 heteroatoms. The molecule has 1 saturated heterocycles. The number of azide groups is 1. The van der Waals surface area contributed by atoms with E-state index in [9.17, 15) is 14.7 Å². The molecule has 1 aliphatic heterocycles. The Morgan fingerprint density at radius 2 is 1.63 bits per heavy atom. The number of hydrogen-bond acceptors (Lipinski definition) is 9. The van der Waals surface area contributed by atoms with Gasteiger partial charge in [-0.3, -0.25) is 4.79 Å². The van der Waals surface area contributed by atoms with Crippen molar-refractivity contribution in [2.24, 2.45) is 5.11 Å². The fourth-order valence-corrected chi connectivity index (χ4v) is 1.98. The Balaban J connectivity index is 1.82. The average molecular weight is 390 g/mol. The zero-order valence-electron chi connectivity index (χ0n) is 15.2. The maximum Gasteiger partial charge on any atom is 0.334 e. The number of amides is 1. The number of carbonyl (C=O) groups is 2. The fraction of sp³-hybridized carbons (Fsp3) is 0.867. The standard InChI is InChI=1S/C15H26N4O8/c16-18-17-4-6-24-8-10-26-12-11-25-9-7-23-5-3-15(22)27-19-13(20)1-2-14(19)21/h13,20H,1-12H2. The second-order valence-electron chi connectivity index (χ2n) is 5.36. The van der Waals surface area contributed by atoms with Gasteiger partial charge in [-0.05, 0) is 5.53 Å². The molecule has 0 aromatic heterocycles. The van der Waals surface area contributed by atoms with E-state index in [1.165, 1.54) is 0 Å². The van der Waals surface area contributed by atoms with Crippen molar-refractivity contribution in [3.05, 3.63) is 10.4 Å². The molecule has 1 N–H and O–H groups in total. The normalized spacial score (nSPS) is 16.4. The van der Waals surface area contributed by atoms with Gasteiger partial charge in [0.15, 0.2) is 6.23 Å². The summed E-state index contributed by atoms with van der Waals surface area (Å²) in [5.41, 5.74) is 8.06. The molecule has 27 heavy (non-hydrogen) atoms. The molecule has 0 aromatic carbocycles. The highest BCUT2D eigenvalue weighted by molar-refractivity contribution is 5.79. The topological polar surface area (TPSA) is 153 Å². The third kappa shape index (κ3) is 11.4. The highest BCUT2D eigenvalue weighted by atomic mass is 16.7.